The average Bonchev–Trinajstić information content (AvgIpc) is 3.15. The van der Waals surface area contributed by atoms with Gasteiger partial charge in [-0.2, -0.15) is 0 Å². The fraction of sp³-hybridized carbons (Fsp3) is 0.400. The number of rotatable bonds is 2. The number of β-amino-alcohol motifs (C(OH)–C–C–N with tert-alkyl or cyclic N) is 1. The summed E-state index contributed by atoms with van der Waals surface area (Å²) in [4.78, 5) is 14.9. The minimum atomic E-state index is -0.614. The molecule has 1 aliphatic heterocycles. The number of aliphatic hydroxyl groups is 1. The van der Waals surface area contributed by atoms with E-state index in [1.165, 1.54) is 11.3 Å². The van der Waals surface area contributed by atoms with Crippen molar-refractivity contribution in [1.29, 1.82) is 0 Å². The van der Waals surface area contributed by atoms with E-state index in [1.54, 1.807) is 4.90 Å². The van der Waals surface area contributed by atoms with Crippen LogP contribution in [0.1, 0.15) is 22.5 Å². The highest BCUT2D eigenvalue weighted by molar-refractivity contribution is 7.20. The van der Waals surface area contributed by atoms with E-state index in [9.17, 15) is 9.90 Å². The molecule has 2 aromatic rings. The summed E-state index contributed by atoms with van der Waals surface area (Å²) in [7, 11) is 0. The molecule has 1 aromatic heterocycles. The van der Waals surface area contributed by atoms with Crippen molar-refractivity contribution in [3.63, 3.8) is 0 Å². The second-order valence-electron chi connectivity index (χ2n) is 5.95. The summed E-state index contributed by atoms with van der Waals surface area (Å²) < 4.78 is 1.07. The first-order chi connectivity index (χ1) is 9.55. The van der Waals surface area contributed by atoms with Crippen molar-refractivity contribution in [3.8, 4) is 0 Å². The number of anilines is 1. The van der Waals surface area contributed by atoms with Crippen LogP contribution in [0.4, 0.5) is 5.69 Å². The number of hydrogen-bond acceptors (Lipinski definition) is 4. The van der Waals surface area contributed by atoms with E-state index in [4.69, 9.17) is 5.73 Å². The number of fused-ring (bicyclic) bond motifs is 1. The Labute approximate surface area is 120 Å². The highest BCUT2D eigenvalue weighted by atomic mass is 32.1. The summed E-state index contributed by atoms with van der Waals surface area (Å²) in [6.45, 7) is 0.958. The van der Waals surface area contributed by atoms with Crippen LogP contribution < -0.4 is 5.73 Å². The largest absolute Gasteiger partial charge is 0.399 e. The van der Waals surface area contributed by atoms with Crippen molar-refractivity contribution in [2.45, 2.75) is 18.4 Å². The van der Waals surface area contributed by atoms with Crippen molar-refractivity contribution in [2.75, 3.05) is 18.8 Å². The monoisotopic (exact) mass is 288 g/mol. The van der Waals surface area contributed by atoms with Gasteiger partial charge >= 0.3 is 0 Å². The normalized spacial score (nSPS) is 20.9. The molecule has 20 heavy (non-hydrogen) atoms. The fourth-order valence-corrected chi connectivity index (χ4v) is 3.97. The molecule has 2 aliphatic rings. The van der Waals surface area contributed by atoms with E-state index in [0.29, 0.717) is 24.7 Å². The average molecular weight is 288 g/mol. The molecule has 0 unspecified atom stereocenters. The predicted molar refractivity (Wildman–Crippen MR) is 79.8 cm³/mol. The quantitative estimate of drug-likeness (QED) is 0.831. The molecular weight excluding hydrogens is 272 g/mol. The molecule has 0 radical (unpaired) electrons. The zero-order valence-corrected chi connectivity index (χ0v) is 11.8. The lowest BCUT2D eigenvalue weighted by Crippen LogP contribution is -2.64. The van der Waals surface area contributed by atoms with Gasteiger partial charge in [0.1, 0.15) is 5.60 Å². The van der Waals surface area contributed by atoms with Crippen LogP contribution in [0.25, 0.3) is 10.1 Å². The van der Waals surface area contributed by atoms with Crippen molar-refractivity contribution >= 4 is 33.0 Å². The van der Waals surface area contributed by atoms with Crippen LogP contribution in [0.5, 0.6) is 0 Å². The van der Waals surface area contributed by atoms with Crippen molar-refractivity contribution in [1.82, 2.24) is 4.90 Å². The maximum absolute atomic E-state index is 12.4. The van der Waals surface area contributed by atoms with Gasteiger partial charge in [-0.1, -0.05) is 0 Å². The standard InChI is InChI=1S/C15H16N2O2S/c16-11-3-4-12-9(5-11)6-13(20-12)14(18)17-7-15(19,8-17)10-1-2-10/h3-6,10,19H,1-2,7-8,16H2. The van der Waals surface area contributed by atoms with E-state index in [0.717, 1.165) is 27.8 Å². The predicted octanol–water partition coefficient (Wildman–Crippen LogP) is 2.08. The van der Waals surface area contributed by atoms with Crippen LogP contribution >= 0.6 is 11.3 Å². The third-order valence-corrected chi connectivity index (χ3v) is 5.41. The molecule has 104 valence electrons. The number of nitrogen functional groups attached to an aromatic ring is 1. The molecule has 5 heteroatoms. The van der Waals surface area contributed by atoms with E-state index in [-0.39, 0.29) is 5.91 Å². The number of amides is 1. The van der Waals surface area contributed by atoms with E-state index in [1.807, 2.05) is 24.3 Å². The van der Waals surface area contributed by atoms with Crippen LogP contribution in [0.15, 0.2) is 24.3 Å². The molecule has 1 aromatic carbocycles. The first kappa shape index (κ1) is 12.2. The lowest BCUT2D eigenvalue weighted by Gasteiger charge is -2.46. The molecule has 0 bridgehead atoms. The van der Waals surface area contributed by atoms with Gasteiger partial charge in [0, 0.05) is 10.4 Å². The molecule has 2 heterocycles. The van der Waals surface area contributed by atoms with Gasteiger partial charge in [-0.15, -0.1) is 11.3 Å². The highest BCUT2D eigenvalue weighted by Crippen LogP contribution is 2.45. The van der Waals surface area contributed by atoms with Crippen LogP contribution in [-0.2, 0) is 0 Å². The number of nitrogens with two attached hydrogens (primary N) is 1. The molecule has 1 saturated heterocycles. The molecule has 1 saturated carbocycles. The van der Waals surface area contributed by atoms with Crippen molar-refractivity contribution in [2.24, 2.45) is 5.92 Å². The van der Waals surface area contributed by atoms with Gasteiger partial charge in [0.25, 0.3) is 5.91 Å². The SMILES string of the molecule is Nc1ccc2sc(C(=O)N3CC(O)(C4CC4)C3)cc2c1. The first-order valence-electron chi connectivity index (χ1n) is 6.86. The molecule has 0 atom stereocenters. The molecule has 1 amide bonds. The molecule has 2 fully saturated rings. The van der Waals surface area contributed by atoms with Crippen LogP contribution in [0, 0.1) is 5.92 Å². The van der Waals surface area contributed by atoms with Gasteiger partial charge in [-0.3, -0.25) is 4.79 Å². The minimum Gasteiger partial charge on any atom is -0.399 e. The van der Waals surface area contributed by atoms with Gasteiger partial charge in [-0.25, -0.2) is 0 Å². The Hall–Kier alpha value is -1.59. The minimum absolute atomic E-state index is 0.0232. The number of hydrogen-bond donors (Lipinski definition) is 2. The fourth-order valence-electron chi connectivity index (χ4n) is 2.96. The lowest BCUT2D eigenvalue weighted by molar-refractivity contribution is -0.0956. The van der Waals surface area contributed by atoms with Crippen LogP contribution in [0.2, 0.25) is 0 Å². The zero-order chi connectivity index (χ0) is 13.9. The maximum atomic E-state index is 12.4. The topological polar surface area (TPSA) is 66.6 Å². The Balaban J connectivity index is 1.55. The number of carbonyl (C=O) groups is 1. The number of carbonyl (C=O) groups excluding carboxylic acids is 1. The summed E-state index contributed by atoms with van der Waals surface area (Å²) in [6.07, 6.45) is 2.20. The van der Waals surface area contributed by atoms with E-state index < -0.39 is 5.60 Å². The number of nitrogens with zero attached hydrogens (tertiary/aromatic N) is 1. The van der Waals surface area contributed by atoms with Gasteiger partial charge in [-0.05, 0) is 48.4 Å². The Morgan fingerprint density at radius 2 is 2.10 bits per heavy atom. The van der Waals surface area contributed by atoms with Crippen LogP contribution in [0.3, 0.4) is 0 Å². The Kier molecular flexibility index (Phi) is 2.41. The number of thiophene rings is 1. The third kappa shape index (κ3) is 1.81. The number of likely N-dealkylation sites (tertiary alicyclic amines) is 1. The second-order valence-corrected chi connectivity index (χ2v) is 7.03. The summed E-state index contributed by atoms with van der Waals surface area (Å²) in [6, 6.07) is 7.58. The highest BCUT2D eigenvalue weighted by Gasteiger charge is 2.53. The molecule has 4 rings (SSSR count). The van der Waals surface area contributed by atoms with Gasteiger partial charge in [0.05, 0.1) is 18.0 Å². The summed E-state index contributed by atoms with van der Waals surface area (Å²) in [5, 5.41) is 11.3. The Morgan fingerprint density at radius 1 is 1.35 bits per heavy atom. The Morgan fingerprint density at radius 3 is 2.80 bits per heavy atom. The smallest absolute Gasteiger partial charge is 0.264 e. The molecule has 3 N–H and O–H groups in total. The molecule has 0 spiro atoms. The lowest BCUT2D eigenvalue weighted by atomic mass is 9.88. The van der Waals surface area contributed by atoms with E-state index in [2.05, 4.69) is 0 Å². The summed E-state index contributed by atoms with van der Waals surface area (Å²) in [5.74, 6) is 0.434. The maximum Gasteiger partial charge on any atom is 0.264 e. The van der Waals surface area contributed by atoms with Crippen LogP contribution in [-0.4, -0.2) is 34.6 Å². The Bertz CT molecular complexity index is 699. The zero-order valence-electron chi connectivity index (χ0n) is 11.0. The van der Waals surface area contributed by atoms with Gasteiger partial charge in [0.2, 0.25) is 0 Å². The van der Waals surface area contributed by atoms with Crippen molar-refractivity contribution in [3.05, 3.63) is 29.1 Å². The van der Waals surface area contributed by atoms with Gasteiger partial charge < -0.3 is 15.7 Å². The summed E-state index contributed by atoms with van der Waals surface area (Å²) in [5.41, 5.74) is 5.85. The third-order valence-electron chi connectivity index (χ3n) is 4.30. The van der Waals surface area contributed by atoms with Gasteiger partial charge in [0.15, 0.2) is 0 Å². The molecular formula is C15H16N2O2S. The van der Waals surface area contributed by atoms with E-state index >= 15 is 0 Å². The molecule has 4 nitrogen and oxygen atoms in total. The summed E-state index contributed by atoms with van der Waals surface area (Å²) >= 11 is 1.49. The van der Waals surface area contributed by atoms with Crippen molar-refractivity contribution < 1.29 is 9.90 Å². The second kappa shape index (κ2) is 3.96. The molecule has 1 aliphatic carbocycles. The number of benzene rings is 1. The first-order valence-corrected chi connectivity index (χ1v) is 7.67.